The van der Waals surface area contributed by atoms with Crippen LogP contribution < -0.4 is 15.0 Å². The lowest BCUT2D eigenvalue weighted by molar-refractivity contribution is -0.117. The number of hydrogen-bond acceptors (Lipinski definition) is 5. The minimum absolute atomic E-state index is 0.152. The Bertz CT molecular complexity index is 1080. The van der Waals surface area contributed by atoms with Crippen LogP contribution in [0.15, 0.2) is 71.8 Å². The number of ether oxygens (including phenoxy) is 1. The Kier molecular flexibility index (Phi) is 7.68. The fourth-order valence-corrected chi connectivity index (χ4v) is 4.48. The van der Waals surface area contributed by atoms with Gasteiger partial charge < -0.3 is 10.1 Å². The first-order chi connectivity index (χ1) is 15.5. The molecular weight excluding hydrogens is 429 g/mol. The molecule has 0 saturated carbocycles. The molecule has 8 heteroatoms. The van der Waals surface area contributed by atoms with Crippen LogP contribution >= 0.6 is 11.8 Å². The zero-order valence-electron chi connectivity index (χ0n) is 17.5. The van der Waals surface area contributed by atoms with Crippen LogP contribution in [-0.4, -0.2) is 30.2 Å². The third kappa shape index (κ3) is 5.18. The van der Waals surface area contributed by atoms with E-state index in [1.54, 1.807) is 36.4 Å². The van der Waals surface area contributed by atoms with Crippen molar-refractivity contribution in [1.82, 2.24) is 5.32 Å². The summed E-state index contributed by atoms with van der Waals surface area (Å²) >= 11 is 1.15. The molecule has 0 radical (unpaired) electrons. The Morgan fingerprint density at radius 3 is 2.56 bits per heavy atom. The van der Waals surface area contributed by atoms with Gasteiger partial charge in [0, 0.05) is 12.2 Å². The first-order valence-corrected chi connectivity index (χ1v) is 10.9. The van der Waals surface area contributed by atoms with Crippen LogP contribution in [0.1, 0.15) is 12.5 Å². The average molecular weight is 452 g/mol. The maximum Gasteiger partial charge on any atom is 0.264 e. The minimum atomic E-state index is -0.582. The van der Waals surface area contributed by atoms with E-state index in [9.17, 15) is 19.2 Å². The van der Waals surface area contributed by atoms with Crippen molar-refractivity contribution in [1.29, 1.82) is 5.26 Å². The van der Waals surface area contributed by atoms with Gasteiger partial charge in [0.25, 0.3) is 5.91 Å². The van der Waals surface area contributed by atoms with E-state index in [1.807, 2.05) is 13.0 Å². The predicted molar refractivity (Wildman–Crippen MR) is 122 cm³/mol. The smallest absolute Gasteiger partial charge is 0.264 e. The van der Waals surface area contributed by atoms with Gasteiger partial charge in [-0.05, 0) is 55.3 Å². The van der Waals surface area contributed by atoms with Gasteiger partial charge >= 0.3 is 0 Å². The van der Waals surface area contributed by atoms with Crippen molar-refractivity contribution in [2.24, 2.45) is 0 Å². The molecule has 2 amide bonds. The molecule has 3 rings (SSSR count). The number of nitrogens with one attached hydrogen (secondary N) is 1. The van der Waals surface area contributed by atoms with Gasteiger partial charge in [0.15, 0.2) is 0 Å². The van der Waals surface area contributed by atoms with E-state index in [4.69, 9.17) is 4.74 Å². The maximum absolute atomic E-state index is 13.4. The second kappa shape index (κ2) is 10.6. The Hall–Kier alpha value is -3.57. The SMILES string of the molecule is C=CCNC(=O)/C(C#N)=C1\SC(Cc2ccc(F)cc2)C(=O)N1c1ccc(OCC)cc1. The second-order valence-corrected chi connectivity index (χ2v) is 8.02. The van der Waals surface area contributed by atoms with E-state index in [1.165, 1.54) is 23.1 Å². The minimum Gasteiger partial charge on any atom is -0.494 e. The first kappa shape index (κ1) is 23.1. The van der Waals surface area contributed by atoms with Crippen LogP contribution in [0.4, 0.5) is 10.1 Å². The molecule has 1 aliphatic heterocycles. The lowest BCUT2D eigenvalue weighted by Crippen LogP contribution is -2.32. The third-order valence-electron chi connectivity index (χ3n) is 4.65. The molecule has 0 aliphatic carbocycles. The number of carbonyl (C=O) groups is 2. The quantitative estimate of drug-likeness (QED) is 0.373. The summed E-state index contributed by atoms with van der Waals surface area (Å²) in [7, 11) is 0. The topological polar surface area (TPSA) is 82.4 Å². The van der Waals surface area contributed by atoms with Crippen molar-refractivity contribution in [3.63, 3.8) is 0 Å². The van der Waals surface area contributed by atoms with Crippen molar-refractivity contribution >= 4 is 29.3 Å². The van der Waals surface area contributed by atoms with E-state index in [-0.39, 0.29) is 28.9 Å². The summed E-state index contributed by atoms with van der Waals surface area (Å²) in [4.78, 5) is 27.3. The van der Waals surface area contributed by atoms with Gasteiger partial charge in [0.05, 0.1) is 11.9 Å². The molecule has 2 aromatic rings. The molecule has 1 atom stereocenters. The maximum atomic E-state index is 13.4. The van der Waals surface area contributed by atoms with Gasteiger partial charge in [-0.3, -0.25) is 14.5 Å². The first-order valence-electron chi connectivity index (χ1n) is 9.99. The van der Waals surface area contributed by atoms with Gasteiger partial charge in [-0.15, -0.1) is 6.58 Å². The average Bonchev–Trinajstić information content (AvgIpc) is 3.10. The molecule has 164 valence electrons. The number of carbonyl (C=O) groups excluding carboxylic acids is 2. The third-order valence-corrected chi connectivity index (χ3v) is 5.92. The molecular formula is C24H22FN3O3S. The lowest BCUT2D eigenvalue weighted by Gasteiger charge is -2.19. The molecule has 1 fully saturated rings. The largest absolute Gasteiger partial charge is 0.494 e. The molecule has 1 heterocycles. The number of hydrogen-bond donors (Lipinski definition) is 1. The highest BCUT2D eigenvalue weighted by Gasteiger charge is 2.40. The summed E-state index contributed by atoms with van der Waals surface area (Å²) in [5.74, 6) is -0.557. The van der Waals surface area contributed by atoms with Crippen LogP contribution in [0.5, 0.6) is 5.75 Å². The van der Waals surface area contributed by atoms with Gasteiger partial charge in [-0.1, -0.05) is 30.0 Å². The molecule has 0 aromatic heterocycles. The summed E-state index contributed by atoms with van der Waals surface area (Å²) in [5, 5.41) is 12.0. The van der Waals surface area contributed by atoms with Crippen LogP contribution in [0.3, 0.4) is 0 Å². The summed E-state index contributed by atoms with van der Waals surface area (Å²) in [5.41, 5.74) is 1.15. The van der Waals surface area contributed by atoms with Crippen LogP contribution in [0.25, 0.3) is 0 Å². The number of nitriles is 1. The van der Waals surface area contributed by atoms with Crippen LogP contribution in [0.2, 0.25) is 0 Å². The fourth-order valence-electron chi connectivity index (χ4n) is 3.17. The van der Waals surface area contributed by atoms with Gasteiger partial charge in [-0.2, -0.15) is 5.26 Å². The molecule has 1 N–H and O–H groups in total. The Labute approximate surface area is 190 Å². The van der Waals surface area contributed by atoms with Crippen molar-refractivity contribution in [2.75, 3.05) is 18.1 Å². The van der Waals surface area contributed by atoms with Crippen LogP contribution in [-0.2, 0) is 16.0 Å². The number of halogens is 1. The summed E-state index contributed by atoms with van der Waals surface area (Å²) in [6.07, 6.45) is 1.83. The second-order valence-electron chi connectivity index (χ2n) is 6.83. The van der Waals surface area contributed by atoms with Crippen molar-refractivity contribution in [3.05, 3.63) is 83.2 Å². The zero-order chi connectivity index (χ0) is 23.1. The van der Waals surface area contributed by atoms with E-state index >= 15 is 0 Å². The summed E-state index contributed by atoms with van der Waals surface area (Å²) in [6, 6.07) is 14.7. The lowest BCUT2D eigenvalue weighted by atomic mass is 10.1. The summed E-state index contributed by atoms with van der Waals surface area (Å²) < 4.78 is 18.7. The number of thioether (sulfide) groups is 1. The van der Waals surface area contributed by atoms with Crippen molar-refractivity contribution in [2.45, 2.75) is 18.6 Å². The zero-order valence-corrected chi connectivity index (χ0v) is 18.3. The Balaban J connectivity index is 2.00. The van der Waals surface area contributed by atoms with E-state index in [0.29, 0.717) is 24.5 Å². The molecule has 2 aromatic carbocycles. The molecule has 32 heavy (non-hydrogen) atoms. The van der Waals surface area contributed by atoms with E-state index in [2.05, 4.69) is 11.9 Å². The Morgan fingerprint density at radius 2 is 1.97 bits per heavy atom. The van der Waals surface area contributed by atoms with Crippen molar-refractivity contribution < 1.29 is 18.7 Å². The Morgan fingerprint density at radius 1 is 1.28 bits per heavy atom. The fraction of sp³-hybridized carbons (Fsp3) is 0.208. The van der Waals surface area contributed by atoms with Gasteiger partial charge in [-0.25, -0.2) is 4.39 Å². The van der Waals surface area contributed by atoms with Gasteiger partial charge in [0.1, 0.15) is 28.2 Å². The highest BCUT2D eigenvalue weighted by molar-refractivity contribution is 8.05. The number of benzene rings is 2. The number of anilines is 1. The van der Waals surface area contributed by atoms with E-state index in [0.717, 1.165) is 17.3 Å². The van der Waals surface area contributed by atoms with Crippen LogP contribution in [0, 0.1) is 17.1 Å². The highest BCUT2D eigenvalue weighted by atomic mass is 32.2. The van der Waals surface area contributed by atoms with E-state index < -0.39 is 11.2 Å². The number of amides is 2. The van der Waals surface area contributed by atoms with Gasteiger partial charge in [0.2, 0.25) is 5.91 Å². The molecule has 6 nitrogen and oxygen atoms in total. The highest BCUT2D eigenvalue weighted by Crippen LogP contribution is 2.42. The molecule has 1 aliphatic rings. The predicted octanol–water partition coefficient (Wildman–Crippen LogP) is 3.95. The molecule has 1 unspecified atom stereocenters. The molecule has 1 saturated heterocycles. The summed E-state index contributed by atoms with van der Waals surface area (Å²) in [6.45, 7) is 6.13. The molecule has 0 bridgehead atoms. The van der Waals surface area contributed by atoms with Crippen molar-refractivity contribution in [3.8, 4) is 11.8 Å². The monoisotopic (exact) mass is 451 g/mol. The molecule has 0 spiro atoms. The number of nitrogens with zero attached hydrogens (tertiary/aromatic N) is 2. The normalized spacial score (nSPS) is 17.0. The number of rotatable bonds is 8. The standard InChI is InChI=1S/C24H22FN3O3S/c1-3-13-27-22(29)20(15-26)24-28(18-9-11-19(12-10-18)31-4-2)23(30)21(32-24)14-16-5-7-17(25)8-6-16/h3,5-12,21H,1,4,13-14H2,2H3,(H,27,29)/b24-20-.